The van der Waals surface area contributed by atoms with Gasteiger partial charge in [-0.3, -0.25) is 0 Å². The minimum atomic E-state index is 0.250. The highest BCUT2D eigenvalue weighted by Gasteiger charge is 2.23. The van der Waals surface area contributed by atoms with Gasteiger partial charge in [-0.05, 0) is 61.1 Å². The van der Waals surface area contributed by atoms with Crippen LogP contribution in [-0.2, 0) is 6.42 Å². The number of hydrogen-bond donors (Lipinski definition) is 3. The predicted molar refractivity (Wildman–Crippen MR) is 99.1 cm³/mol. The zero-order valence-electron chi connectivity index (χ0n) is 13.9. The molecule has 0 fully saturated rings. The number of hydrogen-bond acceptors (Lipinski definition) is 2. The van der Waals surface area contributed by atoms with Gasteiger partial charge in [0.05, 0.1) is 0 Å². The highest BCUT2D eigenvalue weighted by molar-refractivity contribution is 5.89. The fraction of sp³-hybridized carbons (Fsp3) is 0.333. The van der Waals surface area contributed by atoms with Crippen molar-refractivity contribution in [3.63, 3.8) is 0 Å². The lowest BCUT2D eigenvalue weighted by Crippen LogP contribution is -2.26. The molecule has 1 aliphatic rings. The van der Waals surface area contributed by atoms with Gasteiger partial charge in [-0.1, -0.05) is 36.4 Å². The summed E-state index contributed by atoms with van der Waals surface area (Å²) in [7, 11) is 0. The number of aromatic nitrogens is 1. The molecule has 3 heteroatoms. The van der Waals surface area contributed by atoms with E-state index in [9.17, 15) is 0 Å². The van der Waals surface area contributed by atoms with E-state index in [0.29, 0.717) is 6.04 Å². The maximum Gasteiger partial charge on any atom is 0.0476 e. The lowest BCUT2D eigenvalue weighted by Gasteiger charge is -2.23. The van der Waals surface area contributed by atoms with Crippen LogP contribution in [0.2, 0.25) is 0 Å². The molecule has 1 heterocycles. The second kappa shape index (κ2) is 6.80. The van der Waals surface area contributed by atoms with Crippen molar-refractivity contribution in [3.8, 4) is 11.1 Å². The van der Waals surface area contributed by atoms with Gasteiger partial charge < -0.3 is 15.4 Å². The number of aromatic amines is 1. The Hall–Kier alpha value is -2.10. The molecule has 0 amide bonds. The van der Waals surface area contributed by atoms with Crippen LogP contribution in [0.1, 0.15) is 36.6 Å². The van der Waals surface area contributed by atoms with E-state index in [-0.39, 0.29) is 6.61 Å². The Morgan fingerprint density at radius 2 is 1.96 bits per heavy atom. The van der Waals surface area contributed by atoms with Crippen LogP contribution in [0.3, 0.4) is 0 Å². The van der Waals surface area contributed by atoms with E-state index in [1.54, 1.807) is 0 Å². The molecule has 2 aromatic carbocycles. The van der Waals surface area contributed by atoms with Crippen molar-refractivity contribution in [2.24, 2.45) is 0 Å². The van der Waals surface area contributed by atoms with E-state index in [4.69, 9.17) is 5.11 Å². The monoisotopic (exact) mass is 320 g/mol. The van der Waals surface area contributed by atoms with Crippen LogP contribution < -0.4 is 5.32 Å². The molecular formula is C21H24N2O. The first kappa shape index (κ1) is 15.4. The molecular weight excluding hydrogens is 296 g/mol. The zero-order chi connectivity index (χ0) is 16.4. The van der Waals surface area contributed by atoms with Crippen LogP contribution in [0, 0.1) is 0 Å². The number of benzene rings is 2. The van der Waals surface area contributed by atoms with E-state index < -0.39 is 0 Å². The minimum Gasteiger partial charge on any atom is -0.396 e. The average Bonchev–Trinajstić information content (AvgIpc) is 3.01. The van der Waals surface area contributed by atoms with Gasteiger partial charge in [-0.15, -0.1) is 0 Å². The molecule has 0 saturated carbocycles. The summed E-state index contributed by atoms with van der Waals surface area (Å²) in [5, 5.41) is 14.0. The fourth-order valence-electron chi connectivity index (χ4n) is 3.83. The molecule has 124 valence electrons. The maximum absolute atomic E-state index is 9.00. The number of aliphatic hydroxyl groups is 1. The van der Waals surface area contributed by atoms with Gasteiger partial charge in [0.2, 0.25) is 0 Å². The van der Waals surface area contributed by atoms with E-state index in [1.807, 2.05) is 0 Å². The van der Waals surface area contributed by atoms with Crippen molar-refractivity contribution >= 4 is 10.9 Å². The van der Waals surface area contributed by atoms with Gasteiger partial charge >= 0.3 is 0 Å². The third kappa shape index (κ3) is 2.85. The summed E-state index contributed by atoms with van der Waals surface area (Å²) in [4.78, 5) is 3.65. The molecule has 1 aliphatic carbocycles. The third-order valence-corrected chi connectivity index (χ3v) is 5.04. The molecule has 3 N–H and O–H groups in total. The Labute approximate surface area is 142 Å². The molecule has 3 aromatic rings. The summed E-state index contributed by atoms with van der Waals surface area (Å²) < 4.78 is 0. The van der Waals surface area contributed by atoms with Gasteiger partial charge in [0.15, 0.2) is 0 Å². The molecule has 1 unspecified atom stereocenters. The van der Waals surface area contributed by atoms with Crippen LogP contribution in [0.15, 0.2) is 48.5 Å². The highest BCUT2D eigenvalue weighted by atomic mass is 16.3. The second-order valence-corrected chi connectivity index (χ2v) is 6.62. The maximum atomic E-state index is 9.00. The Bertz CT molecular complexity index is 822. The molecule has 4 rings (SSSR count). The first-order chi connectivity index (χ1) is 11.9. The van der Waals surface area contributed by atoms with Gasteiger partial charge in [0.1, 0.15) is 0 Å². The molecule has 3 nitrogen and oxygen atoms in total. The molecule has 0 aliphatic heterocycles. The number of aliphatic hydroxyl groups excluding tert-OH is 1. The topological polar surface area (TPSA) is 48.0 Å². The van der Waals surface area contributed by atoms with Gasteiger partial charge in [0, 0.05) is 29.2 Å². The van der Waals surface area contributed by atoms with Gasteiger partial charge in [0.25, 0.3) is 0 Å². The van der Waals surface area contributed by atoms with Crippen molar-refractivity contribution in [2.75, 3.05) is 13.2 Å². The predicted octanol–water partition coefficient (Wildman–Crippen LogP) is 4.18. The van der Waals surface area contributed by atoms with Crippen LogP contribution in [0.4, 0.5) is 0 Å². The lowest BCUT2D eigenvalue weighted by molar-refractivity contribution is 0.281. The second-order valence-electron chi connectivity index (χ2n) is 6.62. The summed E-state index contributed by atoms with van der Waals surface area (Å²) >= 11 is 0. The summed E-state index contributed by atoms with van der Waals surface area (Å²) in [5.74, 6) is 0. The third-order valence-electron chi connectivity index (χ3n) is 5.04. The summed E-state index contributed by atoms with van der Waals surface area (Å²) in [6.07, 6.45) is 4.33. The first-order valence-corrected chi connectivity index (χ1v) is 8.91. The van der Waals surface area contributed by atoms with Crippen molar-refractivity contribution in [3.05, 3.63) is 59.8 Å². The Morgan fingerprint density at radius 1 is 1.08 bits per heavy atom. The number of aryl methyl sites for hydroxylation is 1. The SMILES string of the molecule is OCCCNC1CCCc2c1[nH]c1ccc(-c3ccccc3)cc21. The molecule has 0 bridgehead atoms. The largest absolute Gasteiger partial charge is 0.396 e. The van der Waals surface area contributed by atoms with Crippen LogP contribution >= 0.6 is 0 Å². The zero-order valence-corrected chi connectivity index (χ0v) is 13.9. The Kier molecular flexibility index (Phi) is 4.37. The number of rotatable bonds is 5. The number of H-pyrrole nitrogens is 1. The Balaban J connectivity index is 1.71. The van der Waals surface area contributed by atoms with Crippen molar-refractivity contribution in [1.29, 1.82) is 0 Å². The molecule has 1 atom stereocenters. The van der Waals surface area contributed by atoms with Crippen molar-refractivity contribution in [2.45, 2.75) is 31.7 Å². The van der Waals surface area contributed by atoms with E-state index >= 15 is 0 Å². The highest BCUT2D eigenvalue weighted by Crippen LogP contribution is 2.36. The smallest absolute Gasteiger partial charge is 0.0476 e. The summed E-state index contributed by atoms with van der Waals surface area (Å²) in [6, 6.07) is 17.7. The quantitative estimate of drug-likeness (QED) is 0.618. The fourth-order valence-corrected chi connectivity index (χ4v) is 3.83. The number of fused-ring (bicyclic) bond motifs is 3. The molecule has 24 heavy (non-hydrogen) atoms. The van der Waals surface area contributed by atoms with E-state index in [0.717, 1.165) is 25.8 Å². The van der Waals surface area contributed by atoms with Crippen molar-refractivity contribution in [1.82, 2.24) is 10.3 Å². The normalized spacial score (nSPS) is 17.1. The summed E-state index contributed by atoms with van der Waals surface area (Å²) in [5.41, 5.74) is 6.59. The molecule has 0 spiro atoms. The molecule has 0 saturated heterocycles. The standard InChI is InChI=1S/C21H24N2O/c24-13-5-12-22-20-9-4-8-17-18-14-16(15-6-2-1-3-7-15)10-11-19(18)23-21(17)20/h1-3,6-7,10-11,14,20,22-24H,4-5,8-9,12-13H2. The number of nitrogens with one attached hydrogen (secondary N) is 2. The van der Waals surface area contributed by atoms with Gasteiger partial charge in [-0.2, -0.15) is 0 Å². The van der Waals surface area contributed by atoms with E-state index in [1.165, 1.54) is 39.7 Å². The average molecular weight is 320 g/mol. The van der Waals surface area contributed by atoms with Crippen LogP contribution in [0.25, 0.3) is 22.0 Å². The summed E-state index contributed by atoms with van der Waals surface area (Å²) in [6.45, 7) is 1.12. The molecule has 1 aromatic heterocycles. The minimum absolute atomic E-state index is 0.250. The first-order valence-electron chi connectivity index (χ1n) is 8.91. The van der Waals surface area contributed by atoms with E-state index in [2.05, 4.69) is 58.8 Å². The van der Waals surface area contributed by atoms with Crippen LogP contribution in [0.5, 0.6) is 0 Å². The van der Waals surface area contributed by atoms with Crippen molar-refractivity contribution < 1.29 is 5.11 Å². The lowest BCUT2D eigenvalue weighted by atomic mass is 9.91. The van der Waals surface area contributed by atoms with Crippen LogP contribution in [-0.4, -0.2) is 23.2 Å². The Morgan fingerprint density at radius 3 is 2.79 bits per heavy atom. The van der Waals surface area contributed by atoms with Gasteiger partial charge in [-0.25, -0.2) is 0 Å². The molecule has 0 radical (unpaired) electrons.